The Kier molecular flexibility index (Phi) is 21.1. The first-order valence-electron chi connectivity index (χ1n) is 18.4. The molecule has 42 heavy (non-hydrogen) atoms. The predicted molar refractivity (Wildman–Crippen MR) is 190 cm³/mol. The maximum absolute atomic E-state index is 5.54. The Balaban J connectivity index is 2.00. The number of hydrogen-bond donors (Lipinski definition) is 0. The lowest BCUT2D eigenvalue weighted by Crippen LogP contribution is -2.21. The third-order valence-corrected chi connectivity index (χ3v) is 10.3. The molecule has 0 aromatic rings. The van der Waals surface area contributed by atoms with E-state index in [1.807, 2.05) is 7.11 Å². The predicted octanol–water partition coefficient (Wildman–Crippen LogP) is 13.8. The normalized spacial score (nSPS) is 20.0. The molecule has 1 aliphatic carbocycles. The Morgan fingerprint density at radius 1 is 0.667 bits per heavy atom. The summed E-state index contributed by atoms with van der Waals surface area (Å²) in [4.78, 5) is 0. The fraction of sp³-hybridized carbons (Fsp3) is 0.854. The van der Waals surface area contributed by atoms with Gasteiger partial charge in [-0.2, -0.15) is 0 Å². The van der Waals surface area contributed by atoms with Crippen LogP contribution in [0.3, 0.4) is 0 Å². The van der Waals surface area contributed by atoms with Crippen molar-refractivity contribution in [3.05, 3.63) is 34.9 Å². The molecule has 0 aliphatic heterocycles. The second-order valence-corrected chi connectivity index (χ2v) is 15.8. The first-order valence-corrected chi connectivity index (χ1v) is 18.4. The van der Waals surface area contributed by atoms with Crippen LogP contribution in [-0.4, -0.2) is 12.7 Å². The molecule has 0 bridgehead atoms. The molecule has 0 spiro atoms. The lowest BCUT2D eigenvalue weighted by atomic mass is 9.92. The second-order valence-electron chi connectivity index (χ2n) is 15.8. The van der Waals surface area contributed by atoms with Crippen LogP contribution in [0.15, 0.2) is 34.9 Å². The molecule has 1 aliphatic rings. The van der Waals surface area contributed by atoms with Crippen LogP contribution in [0.1, 0.15) is 184 Å². The van der Waals surface area contributed by atoms with Crippen molar-refractivity contribution in [1.82, 2.24) is 0 Å². The molecule has 0 saturated heterocycles. The van der Waals surface area contributed by atoms with Gasteiger partial charge in [-0.25, -0.2) is 0 Å². The van der Waals surface area contributed by atoms with Crippen molar-refractivity contribution in [2.24, 2.45) is 29.6 Å². The van der Waals surface area contributed by atoms with Crippen molar-refractivity contribution in [3.63, 3.8) is 0 Å². The summed E-state index contributed by atoms with van der Waals surface area (Å²) < 4.78 is 5.54. The first-order chi connectivity index (χ1) is 19.9. The Labute approximate surface area is 265 Å². The zero-order chi connectivity index (χ0) is 31.4. The smallest absolute Gasteiger partial charge is 0.0622 e. The van der Waals surface area contributed by atoms with Crippen LogP contribution in [0.5, 0.6) is 0 Å². The van der Waals surface area contributed by atoms with Gasteiger partial charge in [-0.15, -0.1) is 0 Å². The van der Waals surface area contributed by atoms with Crippen LogP contribution < -0.4 is 0 Å². The lowest BCUT2D eigenvalue weighted by Gasteiger charge is -2.22. The van der Waals surface area contributed by atoms with Gasteiger partial charge in [-0.05, 0) is 142 Å². The van der Waals surface area contributed by atoms with E-state index in [9.17, 15) is 0 Å². The number of allylic oxidation sites excluding steroid dienone is 6. The molecule has 1 heteroatoms. The van der Waals surface area contributed by atoms with Crippen LogP contribution in [0.4, 0.5) is 0 Å². The lowest BCUT2D eigenvalue weighted by molar-refractivity contribution is 0.0140. The molecule has 0 radical (unpaired) electrons. The van der Waals surface area contributed by atoms with E-state index in [-0.39, 0.29) is 5.60 Å². The monoisotopic (exact) mass is 585 g/mol. The van der Waals surface area contributed by atoms with Crippen molar-refractivity contribution in [2.45, 2.75) is 190 Å². The van der Waals surface area contributed by atoms with Gasteiger partial charge in [0.15, 0.2) is 0 Å². The van der Waals surface area contributed by atoms with E-state index >= 15 is 0 Å². The Morgan fingerprint density at radius 3 is 1.86 bits per heavy atom. The van der Waals surface area contributed by atoms with Crippen molar-refractivity contribution in [2.75, 3.05) is 7.11 Å². The highest BCUT2D eigenvalue weighted by molar-refractivity contribution is 5.00. The van der Waals surface area contributed by atoms with Gasteiger partial charge in [-0.3, -0.25) is 0 Å². The van der Waals surface area contributed by atoms with Crippen LogP contribution >= 0.6 is 0 Å². The van der Waals surface area contributed by atoms with E-state index in [2.05, 4.69) is 80.5 Å². The van der Waals surface area contributed by atoms with E-state index in [0.29, 0.717) is 0 Å². The summed E-state index contributed by atoms with van der Waals surface area (Å²) in [5, 5.41) is 0. The minimum absolute atomic E-state index is 0.0171. The van der Waals surface area contributed by atoms with Gasteiger partial charge < -0.3 is 4.74 Å². The third-order valence-electron chi connectivity index (χ3n) is 10.3. The maximum Gasteiger partial charge on any atom is 0.0622 e. The zero-order valence-electron chi connectivity index (χ0n) is 30.5. The molecule has 1 rings (SSSR count). The minimum atomic E-state index is 0.0171. The summed E-state index contributed by atoms with van der Waals surface area (Å²) in [5.41, 5.74) is 4.68. The molecule has 4 unspecified atom stereocenters. The van der Waals surface area contributed by atoms with Crippen LogP contribution in [0.2, 0.25) is 0 Å². The first kappa shape index (κ1) is 39.2. The summed E-state index contributed by atoms with van der Waals surface area (Å²) in [7, 11) is 1.82. The summed E-state index contributed by atoms with van der Waals surface area (Å²) in [6.07, 6.45) is 33.2. The van der Waals surface area contributed by atoms with E-state index in [0.717, 1.165) is 36.0 Å². The molecule has 0 heterocycles. The van der Waals surface area contributed by atoms with Crippen LogP contribution in [0, 0.1) is 29.6 Å². The summed E-state index contributed by atoms with van der Waals surface area (Å²) in [6.45, 7) is 20.9. The Bertz CT molecular complexity index is 764. The average Bonchev–Trinajstić information content (AvgIpc) is 3.68. The Hall–Kier alpha value is -0.820. The molecule has 0 N–H and O–H groups in total. The molecule has 1 nitrogen and oxygen atoms in total. The third kappa shape index (κ3) is 21.8. The molecule has 5 atom stereocenters. The van der Waals surface area contributed by atoms with Crippen molar-refractivity contribution in [1.29, 1.82) is 0 Å². The van der Waals surface area contributed by atoms with E-state index in [1.165, 1.54) is 121 Å². The molecule has 1 fully saturated rings. The highest BCUT2D eigenvalue weighted by atomic mass is 16.5. The highest BCUT2D eigenvalue weighted by Gasteiger charge is 2.34. The number of rotatable bonds is 26. The van der Waals surface area contributed by atoms with Gasteiger partial charge in [0.05, 0.1) is 5.60 Å². The molecule has 246 valence electrons. The minimum Gasteiger partial charge on any atom is -0.379 e. The number of methoxy groups -OCH3 is 1. The van der Waals surface area contributed by atoms with Gasteiger partial charge in [0, 0.05) is 7.11 Å². The zero-order valence-corrected chi connectivity index (χ0v) is 30.5. The van der Waals surface area contributed by atoms with Crippen LogP contribution in [0.25, 0.3) is 0 Å². The van der Waals surface area contributed by atoms with E-state index < -0.39 is 0 Å². The van der Waals surface area contributed by atoms with Gasteiger partial charge >= 0.3 is 0 Å². The maximum atomic E-state index is 5.54. The molecule has 0 aromatic heterocycles. The standard InChI is InChI=1S/C41H76O/c1-33(2)29-30-40-32-39(40)28-16-26-37(6)24-14-21-35(4)19-12-11-18-34(3)20-13-22-36(5)23-15-25-38(7)27-17-31-41(8,9)42-10/h18,25,29,35-37,39-40H,11-17,19-24,26-28,30-32H2,1-10H3/b34-18+,38-25+/t35?,36?,37?,39?,40-/m1/s1. The largest absolute Gasteiger partial charge is 0.379 e. The number of ether oxygens (including phenoxy) is 1. The van der Waals surface area contributed by atoms with Gasteiger partial charge in [0.25, 0.3) is 0 Å². The fourth-order valence-electron chi connectivity index (χ4n) is 6.57. The summed E-state index contributed by atoms with van der Waals surface area (Å²) in [5.74, 6) is 4.71. The second kappa shape index (κ2) is 22.7. The van der Waals surface area contributed by atoms with Crippen LogP contribution in [-0.2, 0) is 4.74 Å². The van der Waals surface area contributed by atoms with E-state index in [4.69, 9.17) is 4.74 Å². The highest BCUT2D eigenvalue weighted by Crippen LogP contribution is 2.45. The van der Waals surface area contributed by atoms with Crippen molar-refractivity contribution in [3.8, 4) is 0 Å². The molecule has 1 saturated carbocycles. The van der Waals surface area contributed by atoms with Crippen molar-refractivity contribution < 1.29 is 4.74 Å². The average molecular weight is 585 g/mol. The molecular weight excluding hydrogens is 508 g/mol. The Morgan fingerprint density at radius 2 is 1.21 bits per heavy atom. The quantitative estimate of drug-likeness (QED) is 0.0725. The van der Waals surface area contributed by atoms with Gasteiger partial charge in [-0.1, -0.05) is 107 Å². The molecular formula is C41H76O. The molecule has 0 aromatic carbocycles. The topological polar surface area (TPSA) is 9.23 Å². The fourth-order valence-corrected chi connectivity index (χ4v) is 6.57. The van der Waals surface area contributed by atoms with E-state index in [1.54, 1.807) is 11.1 Å². The van der Waals surface area contributed by atoms with Gasteiger partial charge in [0.1, 0.15) is 0 Å². The summed E-state index contributed by atoms with van der Waals surface area (Å²) >= 11 is 0. The SMILES string of the molecule is COC(C)(C)CCC/C(C)=C/CCC(C)CCC/C(C)=C/CCCC(C)CCCC(C)CCCC1C[C@H]1CC=C(C)C. The summed E-state index contributed by atoms with van der Waals surface area (Å²) in [6, 6.07) is 0. The molecule has 0 amide bonds. The number of hydrogen-bond acceptors (Lipinski definition) is 1. The van der Waals surface area contributed by atoms with Crippen molar-refractivity contribution >= 4 is 0 Å². The number of unbranched alkanes of at least 4 members (excludes halogenated alkanes) is 1. The van der Waals surface area contributed by atoms with Gasteiger partial charge in [0.2, 0.25) is 0 Å².